The molecule has 1 N–H and O–H groups in total. The number of likely N-dealkylation sites (N-methyl/N-ethyl adjacent to an activating group) is 2. The lowest BCUT2D eigenvalue weighted by atomic mass is 10.1. The zero-order chi connectivity index (χ0) is 18.1. The van der Waals surface area contributed by atoms with Crippen molar-refractivity contribution >= 4 is 34.2 Å². The second-order valence-corrected chi connectivity index (χ2v) is 6.72. The summed E-state index contributed by atoms with van der Waals surface area (Å²) in [5, 5.41) is 9.61. The molecule has 0 aromatic carbocycles. The Balaban J connectivity index is 2.15. The Morgan fingerprint density at radius 1 is 1.40 bits per heavy atom. The number of fused-ring (bicyclic) bond motifs is 1. The molecule has 3 aromatic heterocycles. The fourth-order valence-corrected chi connectivity index (χ4v) is 3.42. The summed E-state index contributed by atoms with van der Waals surface area (Å²) in [7, 11) is 4.97. The summed E-state index contributed by atoms with van der Waals surface area (Å²) < 4.78 is 1.68. The van der Waals surface area contributed by atoms with Gasteiger partial charge in [0, 0.05) is 21.1 Å². The van der Waals surface area contributed by atoms with E-state index in [1.807, 2.05) is 31.5 Å². The number of aryl methyl sites for hydroxylation is 2. The molecule has 0 aliphatic rings. The van der Waals surface area contributed by atoms with Crippen LogP contribution in [0.3, 0.4) is 0 Å². The van der Waals surface area contributed by atoms with Crippen molar-refractivity contribution in [3.8, 4) is 10.6 Å². The van der Waals surface area contributed by atoms with Gasteiger partial charge in [-0.2, -0.15) is 5.10 Å². The van der Waals surface area contributed by atoms with E-state index in [0.29, 0.717) is 11.2 Å². The molecule has 7 nitrogen and oxygen atoms in total. The van der Waals surface area contributed by atoms with Crippen LogP contribution < -0.4 is 5.32 Å². The van der Waals surface area contributed by atoms with Crippen molar-refractivity contribution in [1.82, 2.24) is 25.0 Å². The van der Waals surface area contributed by atoms with E-state index in [1.165, 1.54) is 4.90 Å². The summed E-state index contributed by atoms with van der Waals surface area (Å²) in [5.41, 5.74) is 2.62. The van der Waals surface area contributed by atoms with Crippen LogP contribution in [0.5, 0.6) is 0 Å². The molecule has 0 bridgehead atoms. The fourth-order valence-electron chi connectivity index (χ4n) is 2.74. The molecular formula is C17H19N5O2S. The Labute approximate surface area is 149 Å². The molecule has 0 aliphatic carbocycles. The Bertz CT molecular complexity index is 946. The molecular weight excluding hydrogens is 338 g/mol. The van der Waals surface area contributed by atoms with Crippen molar-refractivity contribution in [3.05, 3.63) is 34.8 Å². The van der Waals surface area contributed by atoms with Crippen LogP contribution >= 0.6 is 11.3 Å². The second kappa shape index (κ2) is 6.64. The molecule has 25 heavy (non-hydrogen) atoms. The first-order valence-corrected chi connectivity index (χ1v) is 8.64. The van der Waals surface area contributed by atoms with E-state index in [2.05, 4.69) is 15.4 Å². The second-order valence-electron chi connectivity index (χ2n) is 5.77. The number of carbonyl (C=O) groups is 2. The van der Waals surface area contributed by atoms with Crippen LogP contribution in [0.1, 0.15) is 16.1 Å². The van der Waals surface area contributed by atoms with E-state index in [0.717, 1.165) is 21.7 Å². The number of carbonyl (C=O) groups excluding carboxylic acids is 2. The van der Waals surface area contributed by atoms with Gasteiger partial charge in [0.15, 0.2) is 5.65 Å². The molecule has 3 aromatic rings. The van der Waals surface area contributed by atoms with Gasteiger partial charge in [0.1, 0.15) is 0 Å². The smallest absolute Gasteiger partial charge is 0.254 e. The molecule has 0 saturated heterocycles. The minimum absolute atomic E-state index is 0.00715. The number of thiophene rings is 1. The number of nitrogens with one attached hydrogen (secondary N) is 1. The summed E-state index contributed by atoms with van der Waals surface area (Å²) in [4.78, 5) is 31.6. The predicted molar refractivity (Wildman–Crippen MR) is 97.6 cm³/mol. The average Bonchev–Trinajstić information content (AvgIpc) is 3.22. The highest BCUT2D eigenvalue weighted by molar-refractivity contribution is 7.13. The first kappa shape index (κ1) is 17.1. The Morgan fingerprint density at radius 3 is 2.80 bits per heavy atom. The van der Waals surface area contributed by atoms with Gasteiger partial charge >= 0.3 is 0 Å². The van der Waals surface area contributed by atoms with Gasteiger partial charge in [-0.05, 0) is 24.4 Å². The number of hydrogen-bond donors (Lipinski definition) is 1. The maximum absolute atomic E-state index is 13.0. The molecule has 0 saturated carbocycles. The lowest BCUT2D eigenvalue weighted by Crippen LogP contribution is -2.37. The minimum Gasteiger partial charge on any atom is -0.358 e. The molecule has 3 heterocycles. The molecule has 0 unspecified atom stereocenters. The minimum atomic E-state index is -0.232. The molecule has 0 atom stereocenters. The van der Waals surface area contributed by atoms with Crippen LogP contribution in [0.25, 0.3) is 21.6 Å². The highest BCUT2D eigenvalue weighted by Crippen LogP contribution is 2.29. The van der Waals surface area contributed by atoms with Crippen LogP contribution in [0.2, 0.25) is 0 Å². The van der Waals surface area contributed by atoms with E-state index in [1.54, 1.807) is 36.2 Å². The first-order valence-electron chi connectivity index (χ1n) is 7.76. The molecule has 2 amide bonds. The third-order valence-electron chi connectivity index (χ3n) is 3.98. The maximum Gasteiger partial charge on any atom is 0.254 e. The monoisotopic (exact) mass is 357 g/mol. The first-order chi connectivity index (χ1) is 11.9. The lowest BCUT2D eigenvalue weighted by molar-refractivity contribution is -0.121. The molecule has 130 valence electrons. The summed E-state index contributed by atoms with van der Waals surface area (Å²) in [6.07, 6.45) is 0. The predicted octanol–water partition coefficient (Wildman–Crippen LogP) is 1.82. The van der Waals surface area contributed by atoms with Crippen molar-refractivity contribution in [2.75, 3.05) is 20.6 Å². The molecule has 0 fully saturated rings. The highest BCUT2D eigenvalue weighted by atomic mass is 32.1. The third-order valence-corrected chi connectivity index (χ3v) is 4.87. The maximum atomic E-state index is 13.0. The van der Waals surface area contributed by atoms with Crippen molar-refractivity contribution in [1.29, 1.82) is 0 Å². The largest absolute Gasteiger partial charge is 0.358 e. The average molecular weight is 357 g/mol. The fraction of sp³-hybridized carbons (Fsp3) is 0.294. The lowest BCUT2D eigenvalue weighted by Gasteiger charge is -2.17. The van der Waals surface area contributed by atoms with Gasteiger partial charge in [-0.3, -0.25) is 14.3 Å². The summed E-state index contributed by atoms with van der Waals surface area (Å²) in [6, 6.07) is 5.69. The molecule has 0 spiro atoms. The number of aromatic nitrogens is 3. The van der Waals surface area contributed by atoms with E-state index in [4.69, 9.17) is 0 Å². The van der Waals surface area contributed by atoms with Crippen LogP contribution in [0.15, 0.2) is 23.6 Å². The van der Waals surface area contributed by atoms with Gasteiger partial charge < -0.3 is 10.2 Å². The van der Waals surface area contributed by atoms with Crippen molar-refractivity contribution in [3.63, 3.8) is 0 Å². The summed E-state index contributed by atoms with van der Waals surface area (Å²) in [6.45, 7) is 1.84. The van der Waals surface area contributed by atoms with E-state index in [9.17, 15) is 9.59 Å². The number of hydrogen-bond acceptors (Lipinski definition) is 5. The van der Waals surface area contributed by atoms with Crippen molar-refractivity contribution in [2.24, 2.45) is 7.05 Å². The van der Waals surface area contributed by atoms with Gasteiger partial charge in [-0.1, -0.05) is 6.07 Å². The number of pyridine rings is 1. The Hall–Kier alpha value is -2.74. The zero-order valence-electron chi connectivity index (χ0n) is 14.5. The quantitative estimate of drug-likeness (QED) is 0.772. The topological polar surface area (TPSA) is 80.1 Å². The van der Waals surface area contributed by atoms with Crippen molar-refractivity contribution in [2.45, 2.75) is 6.92 Å². The SMILES string of the molecule is CNC(=O)CN(C)C(=O)c1cc(-c2cccs2)nc2c1c(C)nn2C. The summed E-state index contributed by atoms with van der Waals surface area (Å²) >= 11 is 1.56. The van der Waals surface area contributed by atoms with Crippen LogP contribution in [-0.2, 0) is 11.8 Å². The van der Waals surface area contributed by atoms with Gasteiger partial charge in [0.2, 0.25) is 5.91 Å². The third kappa shape index (κ3) is 3.12. The molecule has 3 rings (SSSR count). The number of rotatable bonds is 4. The van der Waals surface area contributed by atoms with Crippen LogP contribution in [-0.4, -0.2) is 52.1 Å². The van der Waals surface area contributed by atoms with E-state index in [-0.39, 0.29) is 18.4 Å². The van der Waals surface area contributed by atoms with Crippen LogP contribution in [0.4, 0.5) is 0 Å². The Morgan fingerprint density at radius 2 is 2.16 bits per heavy atom. The van der Waals surface area contributed by atoms with E-state index >= 15 is 0 Å². The van der Waals surface area contributed by atoms with Gasteiger partial charge in [-0.15, -0.1) is 11.3 Å². The van der Waals surface area contributed by atoms with Crippen molar-refractivity contribution < 1.29 is 9.59 Å². The van der Waals surface area contributed by atoms with Gasteiger partial charge in [-0.25, -0.2) is 4.98 Å². The number of amides is 2. The zero-order valence-corrected chi connectivity index (χ0v) is 15.3. The van der Waals surface area contributed by atoms with E-state index < -0.39 is 0 Å². The Kier molecular flexibility index (Phi) is 4.54. The molecule has 0 radical (unpaired) electrons. The standard InChI is InChI=1S/C17H19N5O2S/c1-10-15-11(17(24)21(3)9-14(23)18-2)8-12(13-6-5-7-25-13)19-16(15)22(4)20-10/h5-8H,9H2,1-4H3,(H,18,23). The normalized spacial score (nSPS) is 10.9. The molecule has 0 aliphatic heterocycles. The molecule has 8 heteroatoms. The number of nitrogens with zero attached hydrogens (tertiary/aromatic N) is 4. The van der Waals surface area contributed by atoms with Gasteiger partial charge in [0.25, 0.3) is 5.91 Å². The van der Waals surface area contributed by atoms with Gasteiger partial charge in [0.05, 0.1) is 33.8 Å². The van der Waals surface area contributed by atoms with Crippen LogP contribution in [0, 0.1) is 6.92 Å². The summed E-state index contributed by atoms with van der Waals surface area (Å²) in [5.74, 6) is -0.451. The highest BCUT2D eigenvalue weighted by Gasteiger charge is 2.22.